The van der Waals surface area contributed by atoms with Crippen molar-refractivity contribution in [3.8, 4) is 11.5 Å². The van der Waals surface area contributed by atoms with Gasteiger partial charge in [0.15, 0.2) is 0 Å². The van der Waals surface area contributed by atoms with E-state index in [9.17, 15) is 9.59 Å². The zero-order valence-electron chi connectivity index (χ0n) is 17.0. The molecule has 0 radical (unpaired) electrons. The topological polar surface area (TPSA) is 76.7 Å². The average Bonchev–Trinajstić information content (AvgIpc) is 2.76. The number of hydrogen-bond donors (Lipinski definition) is 2. The number of amides is 2. The van der Waals surface area contributed by atoms with Gasteiger partial charge in [-0.3, -0.25) is 9.59 Å². The lowest BCUT2D eigenvalue weighted by Gasteiger charge is -2.10. The fraction of sp³-hybridized carbons (Fsp3) is 0.167. The smallest absolute Gasteiger partial charge is 0.255 e. The zero-order valence-corrected chi connectivity index (χ0v) is 17.0. The summed E-state index contributed by atoms with van der Waals surface area (Å²) in [5, 5.41) is 5.67. The fourth-order valence-electron chi connectivity index (χ4n) is 2.91. The molecule has 0 aliphatic rings. The molecule has 0 bridgehead atoms. The lowest BCUT2D eigenvalue weighted by Crippen LogP contribution is -2.15. The quantitative estimate of drug-likeness (QED) is 0.578. The number of anilines is 2. The number of carbonyl (C=O) groups is 2. The number of rotatable bonds is 8. The number of ether oxygens (including phenoxy) is 2. The first-order valence-electron chi connectivity index (χ1n) is 9.65. The van der Waals surface area contributed by atoms with Crippen molar-refractivity contribution in [2.24, 2.45) is 0 Å². The van der Waals surface area contributed by atoms with E-state index < -0.39 is 0 Å². The number of carbonyl (C=O) groups excluding carboxylic acids is 2. The van der Waals surface area contributed by atoms with E-state index in [1.807, 2.05) is 43.3 Å². The van der Waals surface area contributed by atoms with Gasteiger partial charge in [-0.25, -0.2) is 0 Å². The molecule has 0 fully saturated rings. The first kappa shape index (κ1) is 20.9. The molecule has 0 aliphatic heterocycles. The molecule has 0 heterocycles. The summed E-state index contributed by atoms with van der Waals surface area (Å²) in [6.07, 6.45) is 0.252. The molecule has 0 saturated heterocycles. The van der Waals surface area contributed by atoms with Crippen LogP contribution in [-0.4, -0.2) is 25.5 Å². The molecule has 0 aliphatic carbocycles. The summed E-state index contributed by atoms with van der Waals surface area (Å²) in [4.78, 5) is 24.8. The number of methoxy groups -OCH3 is 1. The highest BCUT2D eigenvalue weighted by atomic mass is 16.5. The van der Waals surface area contributed by atoms with Crippen LogP contribution in [0.3, 0.4) is 0 Å². The summed E-state index contributed by atoms with van der Waals surface area (Å²) >= 11 is 0. The molecule has 3 rings (SSSR count). The molecule has 0 saturated carbocycles. The van der Waals surface area contributed by atoms with Crippen LogP contribution < -0.4 is 20.1 Å². The van der Waals surface area contributed by atoms with Gasteiger partial charge in [0, 0.05) is 11.3 Å². The van der Waals surface area contributed by atoms with Crippen LogP contribution in [0.25, 0.3) is 0 Å². The molecule has 6 nitrogen and oxygen atoms in total. The second-order valence-corrected chi connectivity index (χ2v) is 6.53. The standard InChI is InChI=1S/C24H24N2O4/c1-3-30-20-14-8-17(9-15-20)16-23(27)25-19-12-10-18(11-13-19)24(28)26-21-6-4-5-7-22(21)29-2/h4-15H,3,16H2,1-2H3,(H,25,27)(H,26,28). The Hall–Kier alpha value is -3.80. The summed E-state index contributed by atoms with van der Waals surface area (Å²) in [6.45, 7) is 2.53. The van der Waals surface area contributed by atoms with Gasteiger partial charge in [0.1, 0.15) is 11.5 Å². The van der Waals surface area contributed by atoms with Crippen LogP contribution in [0.4, 0.5) is 11.4 Å². The summed E-state index contributed by atoms with van der Waals surface area (Å²) in [5.41, 5.74) is 2.59. The molecule has 2 amide bonds. The molecule has 0 unspecified atom stereocenters. The summed E-state index contributed by atoms with van der Waals surface area (Å²) in [7, 11) is 1.55. The molecule has 2 N–H and O–H groups in total. The van der Waals surface area contributed by atoms with Gasteiger partial charge >= 0.3 is 0 Å². The van der Waals surface area contributed by atoms with Gasteiger partial charge in [-0.15, -0.1) is 0 Å². The Labute approximate surface area is 175 Å². The van der Waals surface area contributed by atoms with Crippen molar-refractivity contribution in [1.29, 1.82) is 0 Å². The molecule has 0 spiro atoms. The Morgan fingerprint density at radius 2 is 1.57 bits per heavy atom. The Bertz CT molecular complexity index is 998. The van der Waals surface area contributed by atoms with Crippen LogP contribution in [0.2, 0.25) is 0 Å². The third-order valence-corrected chi connectivity index (χ3v) is 4.39. The van der Waals surface area contributed by atoms with E-state index in [-0.39, 0.29) is 18.2 Å². The Kier molecular flexibility index (Phi) is 7.05. The summed E-state index contributed by atoms with van der Waals surface area (Å²) in [6, 6.07) is 21.4. The number of nitrogens with one attached hydrogen (secondary N) is 2. The summed E-state index contributed by atoms with van der Waals surface area (Å²) in [5.74, 6) is 0.977. The number of hydrogen-bond acceptors (Lipinski definition) is 4. The number of para-hydroxylation sites is 2. The van der Waals surface area contributed by atoms with Crippen LogP contribution in [0.15, 0.2) is 72.8 Å². The highest BCUT2D eigenvalue weighted by molar-refractivity contribution is 6.05. The Balaban J connectivity index is 1.57. The van der Waals surface area contributed by atoms with E-state index in [0.29, 0.717) is 29.3 Å². The monoisotopic (exact) mass is 404 g/mol. The van der Waals surface area contributed by atoms with Crippen LogP contribution in [0.1, 0.15) is 22.8 Å². The maximum Gasteiger partial charge on any atom is 0.255 e. The highest BCUT2D eigenvalue weighted by Crippen LogP contribution is 2.24. The SMILES string of the molecule is CCOc1ccc(CC(=O)Nc2ccc(C(=O)Nc3ccccc3OC)cc2)cc1. The molecule has 6 heteroatoms. The maximum atomic E-state index is 12.5. The summed E-state index contributed by atoms with van der Waals surface area (Å²) < 4.78 is 10.6. The van der Waals surface area contributed by atoms with Crippen molar-refractivity contribution in [1.82, 2.24) is 0 Å². The molecular weight excluding hydrogens is 380 g/mol. The number of benzene rings is 3. The molecule has 0 atom stereocenters. The van der Waals surface area contributed by atoms with Gasteiger partial charge in [-0.2, -0.15) is 0 Å². The minimum atomic E-state index is -0.258. The van der Waals surface area contributed by atoms with Gasteiger partial charge in [0.25, 0.3) is 5.91 Å². The van der Waals surface area contributed by atoms with Crippen LogP contribution >= 0.6 is 0 Å². The molecular formula is C24H24N2O4. The first-order valence-corrected chi connectivity index (χ1v) is 9.65. The van der Waals surface area contributed by atoms with Crippen LogP contribution in [0, 0.1) is 0 Å². The van der Waals surface area contributed by atoms with Gasteiger partial charge in [-0.1, -0.05) is 24.3 Å². The van der Waals surface area contributed by atoms with Crippen molar-refractivity contribution in [2.75, 3.05) is 24.4 Å². The third-order valence-electron chi connectivity index (χ3n) is 4.39. The molecule has 3 aromatic rings. The van der Waals surface area contributed by atoms with E-state index >= 15 is 0 Å². The molecule has 30 heavy (non-hydrogen) atoms. The highest BCUT2D eigenvalue weighted by Gasteiger charge is 2.10. The second kappa shape index (κ2) is 10.1. The van der Waals surface area contributed by atoms with Gasteiger partial charge in [-0.05, 0) is 61.0 Å². The van der Waals surface area contributed by atoms with Crippen molar-refractivity contribution >= 4 is 23.2 Å². The van der Waals surface area contributed by atoms with Gasteiger partial charge in [0.2, 0.25) is 5.91 Å². The van der Waals surface area contributed by atoms with E-state index in [1.54, 1.807) is 43.5 Å². The first-order chi connectivity index (χ1) is 14.6. The maximum absolute atomic E-state index is 12.5. The van der Waals surface area contributed by atoms with Crippen molar-refractivity contribution < 1.29 is 19.1 Å². The largest absolute Gasteiger partial charge is 0.495 e. The minimum absolute atomic E-state index is 0.134. The molecule has 154 valence electrons. The van der Waals surface area contributed by atoms with Crippen LogP contribution in [-0.2, 0) is 11.2 Å². The molecule has 0 aromatic heterocycles. The van der Waals surface area contributed by atoms with E-state index in [4.69, 9.17) is 9.47 Å². The fourth-order valence-corrected chi connectivity index (χ4v) is 2.91. The molecule has 3 aromatic carbocycles. The lowest BCUT2D eigenvalue weighted by molar-refractivity contribution is -0.115. The second-order valence-electron chi connectivity index (χ2n) is 6.53. The van der Waals surface area contributed by atoms with E-state index in [1.165, 1.54) is 0 Å². The predicted molar refractivity (Wildman–Crippen MR) is 117 cm³/mol. The Morgan fingerprint density at radius 1 is 0.867 bits per heavy atom. The van der Waals surface area contributed by atoms with E-state index in [2.05, 4.69) is 10.6 Å². The minimum Gasteiger partial charge on any atom is -0.495 e. The Morgan fingerprint density at radius 3 is 2.23 bits per heavy atom. The average molecular weight is 404 g/mol. The van der Waals surface area contributed by atoms with Crippen molar-refractivity contribution in [3.63, 3.8) is 0 Å². The van der Waals surface area contributed by atoms with Crippen LogP contribution in [0.5, 0.6) is 11.5 Å². The van der Waals surface area contributed by atoms with Gasteiger partial charge in [0.05, 0.1) is 25.8 Å². The lowest BCUT2D eigenvalue weighted by atomic mass is 10.1. The zero-order chi connectivity index (χ0) is 21.3. The van der Waals surface area contributed by atoms with Gasteiger partial charge < -0.3 is 20.1 Å². The normalized spacial score (nSPS) is 10.2. The van der Waals surface area contributed by atoms with E-state index in [0.717, 1.165) is 11.3 Å². The van der Waals surface area contributed by atoms with Crippen molar-refractivity contribution in [3.05, 3.63) is 83.9 Å². The third kappa shape index (κ3) is 5.61. The predicted octanol–water partition coefficient (Wildman–Crippen LogP) is 4.53. The van der Waals surface area contributed by atoms with Crippen molar-refractivity contribution in [2.45, 2.75) is 13.3 Å².